The Hall–Kier alpha value is -2.48. The predicted octanol–water partition coefficient (Wildman–Crippen LogP) is 1.04. The highest BCUT2D eigenvalue weighted by Crippen LogP contribution is 2.20. The zero-order valence-electron chi connectivity index (χ0n) is 15.5. The summed E-state index contributed by atoms with van der Waals surface area (Å²) >= 11 is 0. The van der Waals surface area contributed by atoms with Crippen molar-refractivity contribution in [2.24, 2.45) is 7.05 Å². The Bertz CT molecular complexity index is 769. The number of rotatable bonds is 5. The van der Waals surface area contributed by atoms with Crippen LogP contribution in [0.4, 0.5) is 10.1 Å². The van der Waals surface area contributed by atoms with Crippen LogP contribution in [0.3, 0.4) is 0 Å². The number of amides is 1. The van der Waals surface area contributed by atoms with Gasteiger partial charge in [0.1, 0.15) is 17.5 Å². The summed E-state index contributed by atoms with van der Waals surface area (Å²) < 4.78 is 15.8. The Labute approximate surface area is 153 Å². The molecule has 7 nitrogen and oxygen atoms in total. The second kappa shape index (κ2) is 7.82. The highest BCUT2D eigenvalue weighted by atomic mass is 19.1. The molecular weight excluding hydrogens is 335 g/mol. The minimum atomic E-state index is -0.217. The van der Waals surface area contributed by atoms with Crippen LogP contribution >= 0.6 is 0 Å². The third-order valence-electron chi connectivity index (χ3n) is 4.82. The minimum absolute atomic E-state index is 0.0829. The summed E-state index contributed by atoms with van der Waals surface area (Å²) in [6.45, 7) is 5.27. The van der Waals surface area contributed by atoms with Gasteiger partial charge in [-0.2, -0.15) is 0 Å². The van der Waals surface area contributed by atoms with E-state index < -0.39 is 0 Å². The molecule has 0 N–H and O–H groups in total. The summed E-state index contributed by atoms with van der Waals surface area (Å²) in [5.74, 6) is 1.55. The molecule has 0 atom stereocenters. The first-order valence-corrected chi connectivity index (χ1v) is 8.76. The average molecular weight is 360 g/mol. The van der Waals surface area contributed by atoms with Crippen molar-refractivity contribution in [3.05, 3.63) is 41.7 Å². The second-order valence-corrected chi connectivity index (χ2v) is 6.71. The Morgan fingerprint density at radius 2 is 1.88 bits per heavy atom. The van der Waals surface area contributed by atoms with Crippen molar-refractivity contribution in [1.29, 1.82) is 0 Å². The largest absolute Gasteiger partial charge is 0.366 e. The normalized spacial score (nSPS) is 15.0. The van der Waals surface area contributed by atoms with Crippen LogP contribution in [0.15, 0.2) is 24.3 Å². The number of carbonyl (C=O) groups excluding carboxylic acids is 1. The molecule has 2 heterocycles. The lowest BCUT2D eigenvalue weighted by molar-refractivity contribution is -0.132. The lowest BCUT2D eigenvalue weighted by Gasteiger charge is -2.36. The summed E-state index contributed by atoms with van der Waals surface area (Å²) in [6.07, 6.45) is 0. The number of hydrogen-bond acceptors (Lipinski definition) is 5. The van der Waals surface area contributed by atoms with Crippen LogP contribution in [0.2, 0.25) is 0 Å². The fourth-order valence-electron chi connectivity index (χ4n) is 3.12. The van der Waals surface area contributed by atoms with E-state index in [0.29, 0.717) is 45.0 Å². The van der Waals surface area contributed by atoms with E-state index in [1.165, 1.54) is 6.07 Å². The Morgan fingerprint density at radius 3 is 2.50 bits per heavy atom. The SMILES string of the molecule is Cc1nnc(CN(C)CC(=O)N2CCN(c3ccccc3F)CC2)n1C. The molecule has 26 heavy (non-hydrogen) atoms. The molecule has 1 amide bonds. The number of benzene rings is 1. The van der Waals surface area contributed by atoms with Crippen molar-refractivity contribution in [3.63, 3.8) is 0 Å². The maximum atomic E-state index is 13.9. The molecule has 0 spiro atoms. The van der Waals surface area contributed by atoms with Gasteiger partial charge in [-0.05, 0) is 26.1 Å². The van der Waals surface area contributed by atoms with Gasteiger partial charge < -0.3 is 14.4 Å². The number of aryl methyl sites for hydroxylation is 1. The van der Waals surface area contributed by atoms with Crippen LogP contribution in [0.25, 0.3) is 0 Å². The van der Waals surface area contributed by atoms with Crippen LogP contribution in [-0.2, 0) is 18.4 Å². The van der Waals surface area contributed by atoms with E-state index in [4.69, 9.17) is 0 Å². The van der Waals surface area contributed by atoms with Crippen molar-refractivity contribution in [2.75, 3.05) is 44.7 Å². The van der Waals surface area contributed by atoms with Crippen LogP contribution in [0.5, 0.6) is 0 Å². The first kappa shape index (κ1) is 18.3. The van der Waals surface area contributed by atoms with E-state index in [2.05, 4.69) is 10.2 Å². The topological polar surface area (TPSA) is 57.5 Å². The first-order chi connectivity index (χ1) is 12.5. The molecule has 3 rings (SSSR count). The minimum Gasteiger partial charge on any atom is -0.366 e. The Morgan fingerprint density at radius 1 is 1.19 bits per heavy atom. The highest BCUT2D eigenvalue weighted by molar-refractivity contribution is 5.78. The van der Waals surface area contributed by atoms with Gasteiger partial charge in [-0.25, -0.2) is 4.39 Å². The van der Waals surface area contributed by atoms with Crippen LogP contribution in [-0.4, -0.2) is 70.2 Å². The summed E-state index contributed by atoms with van der Waals surface area (Å²) in [6, 6.07) is 6.77. The quantitative estimate of drug-likeness (QED) is 0.798. The number of anilines is 1. The van der Waals surface area contributed by atoms with Gasteiger partial charge in [0.25, 0.3) is 0 Å². The Balaban J connectivity index is 1.50. The number of piperazine rings is 1. The van der Waals surface area contributed by atoms with E-state index in [-0.39, 0.29) is 11.7 Å². The molecule has 8 heteroatoms. The molecule has 0 aliphatic carbocycles. The Kier molecular flexibility index (Phi) is 5.51. The van der Waals surface area contributed by atoms with E-state index in [0.717, 1.165) is 11.6 Å². The van der Waals surface area contributed by atoms with Gasteiger partial charge in [0.2, 0.25) is 5.91 Å². The number of aromatic nitrogens is 3. The van der Waals surface area contributed by atoms with Gasteiger partial charge in [-0.1, -0.05) is 12.1 Å². The van der Waals surface area contributed by atoms with Gasteiger partial charge in [0.05, 0.1) is 18.8 Å². The number of hydrogen-bond donors (Lipinski definition) is 0. The summed E-state index contributed by atoms with van der Waals surface area (Å²) in [4.78, 5) is 18.3. The fraction of sp³-hybridized carbons (Fsp3) is 0.500. The zero-order valence-corrected chi connectivity index (χ0v) is 15.5. The van der Waals surface area contributed by atoms with Crippen LogP contribution in [0, 0.1) is 12.7 Å². The molecule has 1 saturated heterocycles. The molecule has 1 aliphatic rings. The lowest BCUT2D eigenvalue weighted by Crippen LogP contribution is -2.51. The molecule has 1 aromatic carbocycles. The molecule has 140 valence electrons. The monoisotopic (exact) mass is 360 g/mol. The molecule has 0 saturated carbocycles. The number of nitrogens with zero attached hydrogens (tertiary/aromatic N) is 6. The summed E-state index contributed by atoms with van der Waals surface area (Å²) in [5.41, 5.74) is 0.606. The average Bonchev–Trinajstić information content (AvgIpc) is 2.94. The third kappa shape index (κ3) is 4.01. The third-order valence-corrected chi connectivity index (χ3v) is 4.82. The second-order valence-electron chi connectivity index (χ2n) is 6.71. The maximum Gasteiger partial charge on any atom is 0.236 e. The van der Waals surface area contributed by atoms with Crippen molar-refractivity contribution in [2.45, 2.75) is 13.5 Å². The molecular formula is C18H25FN6O. The van der Waals surface area contributed by atoms with E-state index in [1.54, 1.807) is 12.1 Å². The van der Waals surface area contributed by atoms with Gasteiger partial charge in [-0.3, -0.25) is 9.69 Å². The molecule has 0 unspecified atom stereocenters. The first-order valence-electron chi connectivity index (χ1n) is 8.76. The van der Waals surface area contributed by atoms with Crippen molar-refractivity contribution in [3.8, 4) is 0 Å². The van der Waals surface area contributed by atoms with Gasteiger partial charge >= 0.3 is 0 Å². The van der Waals surface area contributed by atoms with Gasteiger partial charge in [0.15, 0.2) is 0 Å². The van der Waals surface area contributed by atoms with Crippen molar-refractivity contribution in [1.82, 2.24) is 24.6 Å². The predicted molar refractivity (Wildman–Crippen MR) is 97.3 cm³/mol. The summed E-state index contributed by atoms with van der Waals surface area (Å²) in [5, 5.41) is 8.17. The molecule has 1 fully saturated rings. The fourth-order valence-corrected chi connectivity index (χ4v) is 3.12. The maximum absolute atomic E-state index is 13.9. The van der Waals surface area contributed by atoms with E-state index >= 15 is 0 Å². The molecule has 0 radical (unpaired) electrons. The van der Waals surface area contributed by atoms with Gasteiger partial charge in [-0.15, -0.1) is 10.2 Å². The summed E-state index contributed by atoms with van der Waals surface area (Å²) in [7, 11) is 3.82. The lowest BCUT2D eigenvalue weighted by atomic mass is 10.2. The number of para-hydroxylation sites is 1. The van der Waals surface area contributed by atoms with Crippen LogP contribution < -0.4 is 4.90 Å². The number of halogens is 1. The van der Waals surface area contributed by atoms with Crippen molar-refractivity contribution >= 4 is 11.6 Å². The van der Waals surface area contributed by atoms with Crippen LogP contribution in [0.1, 0.15) is 11.6 Å². The number of carbonyl (C=O) groups is 1. The molecule has 2 aromatic rings. The van der Waals surface area contributed by atoms with Gasteiger partial charge in [0, 0.05) is 33.2 Å². The highest BCUT2D eigenvalue weighted by Gasteiger charge is 2.23. The van der Waals surface area contributed by atoms with E-state index in [1.807, 2.05) is 46.4 Å². The molecule has 1 aliphatic heterocycles. The molecule has 1 aromatic heterocycles. The van der Waals surface area contributed by atoms with Crippen molar-refractivity contribution < 1.29 is 9.18 Å². The number of likely N-dealkylation sites (N-methyl/N-ethyl adjacent to an activating group) is 1. The molecule has 0 bridgehead atoms. The smallest absolute Gasteiger partial charge is 0.236 e. The standard InChI is InChI=1S/C18H25FN6O/c1-14-20-21-17(23(14)3)12-22(2)13-18(26)25-10-8-24(9-11-25)16-7-5-4-6-15(16)19/h4-7H,8-13H2,1-3H3. The zero-order chi connectivity index (χ0) is 18.7. The van der Waals surface area contributed by atoms with E-state index in [9.17, 15) is 9.18 Å².